The molecule has 1 aliphatic carbocycles. The molecule has 1 saturated heterocycles. The van der Waals surface area contributed by atoms with Crippen LogP contribution in [0.5, 0.6) is 5.75 Å². The summed E-state index contributed by atoms with van der Waals surface area (Å²) in [5.41, 5.74) is -2.51. The first kappa shape index (κ1) is 28.6. The van der Waals surface area contributed by atoms with Crippen LogP contribution in [-0.2, 0) is 10.2 Å². The van der Waals surface area contributed by atoms with Crippen molar-refractivity contribution < 1.29 is 31.9 Å². The zero-order valence-electron chi connectivity index (χ0n) is 23.2. The topological polar surface area (TPSA) is 72.3 Å². The molecule has 2 aromatic carbocycles. The third kappa shape index (κ3) is 4.68. The highest BCUT2D eigenvalue weighted by Crippen LogP contribution is 2.61. The second-order valence-corrected chi connectivity index (χ2v) is 11.0. The van der Waals surface area contributed by atoms with E-state index >= 15 is 4.39 Å². The van der Waals surface area contributed by atoms with Crippen LogP contribution < -0.4 is 4.90 Å². The highest BCUT2D eigenvalue weighted by atomic mass is 19.4. The molecule has 0 bridgehead atoms. The lowest BCUT2D eigenvalue weighted by Crippen LogP contribution is -2.56. The summed E-state index contributed by atoms with van der Waals surface area (Å²) in [6.07, 6.45) is -3.40. The number of aromatic nitrogens is 1. The molecule has 7 nitrogen and oxygen atoms in total. The number of para-hydroxylation sites is 1. The first-order valence-corrected chi connectivity index (χ1v) is 13.8. The van der Waals surface area contributed by atoms with Gasteiger partial charge in [-0.15, -0.1) is 0 Å². The molecular weight excluding hydrogens is 569 g/mol. The minimum Gasteiger partial charge on any atom is -0.507 e. The lowest BCUT2D eigenvalue weighted by Gasteiger charge is -2.43. The third-order valence-corrected chi connectivity index (χ3v) is 8.43. The first-order chi connectivity index (χ1) is 20.5. The normalized spacial score (nSPS) is 19.5. The maximum absolute atomic E-state index is 15.8. The van der Waals surface area contributed by atoms with E-state index in [4.69, 9.17) is 4.99 Å². The molecule has 43 heavy (non-hydrogen) atoms. The molecule has 6 rings (SSSR count). The number of rotatable bonds is 4. The van der Waals surface area contributed by atoms with E-state index in [9.17, 15) is 27.5 Å². The number of benzene rings is 2. The predicted octanol–water partition coefficient (Wildman–Crippen LogP) is 5.90. The molecule has 3 aliphatic rings. The summed E-state index contributed by atoms with van der Waals surface area (Å²) >= 11 is 0. The highest BCUT2D eigenvalue weighted by Gasteiger charge is 2.65. The molecule has 224 valence electrons. The number of phenolic OH excluding ortho intramolecular Hbond substituents is 1. The Labute approximate surface area is 244 Å². The lowest BCUT2D eigenvalue weighted by atomic mass is 9.92. The second kappa shape index (κ2) is 10.4. The molecule has 1 saturated carbocycles. The lowest BCUT2D eigenvalue weighted by molar-refractivity contribution is -0.160. The number of hydrogen-bond donors (Lipinski definition) is 1. The van der Waals surface area contributed by atoms with E-state index in [2.05, 4.69) is 11.6 Å². The Morgan fingerprint density at radius 1 is 1.09 bits per heavy atom. The minimum atomic E-state index is -4.49. The Morgan fingerprint density at radius 3 is 2.49 bits per heavy atom. The highest BCUT2D eigenvalue weighted by molar-refractivity contribution is 6.06. The van der Waals surface area contributed by atoms with Gasteiger partial charge in [0.2, 0.25) is 5.91 Å². The van der Waals surface area contributed by atoms with Gasteiger partial charge in [0, 0.05) is 31.4 Å². The van der Waals surface area contributed by atoms with E-state index in [1.54, 1.807) is 17.0 Å². The SMILES string of the molecule is C=CC(=O)N1CCN(C2=NCN(c3ccccc3C3(C(F)(F)F)CC3)c3nc(-c4c(O)cccc4F)c(F)cc32)[C@@H](C)C1. The smallest absolute Gasteiger partial charge is 0.398 e. The summed E-state index contributed by atoms with van der Waals surface area (Å²) in [7, 11) is 0. The van der Waals surface area contributed by atoms with Gasteiger partial charge in [0.25, 0.3) is 0 Å². The van der Waals surface area contributed by atoms with Gasteiger partial charge in [-0.25, -0.2) is 18.8 Å². The zero-order chi connectivity index (χ0) is 30.7. The number of piperazine rings is 1. The van der Waals surface area contributed by atoms with E-state index in [0.717, 1.165) is 12.1 Å². The van der Waals surface area contributed by atoms with Crippen molar-refractivity contribution in [3.8, 4) is 17.0 Å². The van der Waals surface area contributed by atoms with Crippen LogP contribution in [0, 0.1) is 11.6 Å². The van der Waals surface area contributed by atoms with Gasteiger partial charge in [-0.05, 0) is 55.7 Å². The Kier molecular flexibility index (Phi) is 6.89. The van der Waals surface area contributed by atoms with Crippen molar-refractivity contribution in [1.82, 2.24) is 14.8 Å². The summed E-state index contributed by atoms with van der Waals surface area (Å²) in [5, 5.41) is 10.4. The summed E-state index contributed by atoms with van der Waals surface area (Å²) in [6, 6.07) is 10.5. The Bertz CT molecular complexity index is 1630. The molecule has 1 N–H and O–H groups in total. The fourth-order valence-electron chi connectivity index (χ4n) is 6.04. The van der Waals surface area contributed by atoms with E-state index in [1.165, 1.54) is 35.2 Å². The molecule has 0 radical (unpaired) electrons. The number of aromatic hydroxyl groups is 1. The molecule has 1 atom stereocenters. The van der Waals surface area contributed by atoms with Crippen LogP contribution in [0.15, 0.2) is 66.2 Å². The van der Waals surface area contributed by atoms with Gasteiger partial charge in [0.15, 0.2) is 5.82 Å². The molecule has 0 spiro atoms. The van der Waals surface area contributed by atoms with Crippen molar-refractivity contribution in [3.63, 3.8) is 0 Å². The number of amidine groups is 1. The van der Waals surface area contributed by atoms with Gasteiger partial charge in [0.1, 0.15) is 35.6 Å². The Hall–Kier alpha value is -4.48. The summed E-state index contributed by atoms with van der Waals surface area (Å²) in [4.78, 5) is 26.4. The van der Waals surface area contributed by atoms with Crippen molar-refractivity contribution in [2.24, 2.45) is 4.99 Å². The van der Waals surface area contributed by atoms with E-state index in [1.807, 2.05) is 11.8 Å². The number of carbonyl (C=O) groups excluding carboxylic acids is 1. The van der Waals surface area contributed by atoms with Crippen molar-refractivity contribution in [2.45, 2.75) is 37.4 Å². The Morgan fingerprint density at radius 2 is 1.84 bits per heavy atom. The third-order valence-electron chi connectivity index (χ3n) is 8.43. The molecule has 1 aromatic heterocycles. The summed E-state index contributed by atoms with van der Waals surface area (Å²) < 4.78 is 73.6. The molecular formula is C31H28F5N5O2. The van der Waals surface area contributed by atoms with E-state index in [-0.39, 0.29) is 54.1 Å². The monoisotopic (exact) mass is 597 g/mol. The van der Waals surface area contributed by atoms with Gasteiger partial charge in [0.05, 0.1) is 16.5 Å². The van der Waals surface area contributed by atoms with Crippen LogP contribution >= 0.6 is 0 Å². The van der Waals surface area contributed by atoms with E-state index < -0.39 is 40.2 Å². The molecule has 3 heterocycles. The number of carbonyl (C=O) groups is 1. The molecule has 3 aromatic rings. The number of halogens is 5. The maximum atomic E-state index is 15.8. The minimum absolute atomic E-state index is 0.0541. The van der Waals surface area contributed by atoms with Crippen LogP contribution in [-0.4, -0.2) is 70.2 Å². The standard InChI is InChI=1S/C31H28F5N5O2/c1-3-25(43)39-13-14-40(18(2)16-39)28-19-15-22(33)27(26-21(32)8-6-10-24(26)42)38-29(19)41(17-37-28)23-9-5-4-7-20(23)30(11-12-30)31(34,35)36/h3-10,15,18,42H,1,11-14,16-17H2,2H3/t18-/m0/s1. The van der Waals surface area contributed by atoms with Crippen molar-refractivity contribution in [2.75, 3.05) is 31.2 Å². The van der Waals surface area contributed by atoms with Crippen LogP contribution in [0.1, 0.15) is 30.9 Å². The number of anilines is 2. The van der Waals surface area contributed by atoms with Crippen molar-refractivity contribution >= 4 is 23.2 Å². The predicted molar refractivity (Wildman–Crippen MR) is 151 cm³/mol. The van der Waals surface area contributed by atoms with Gasteiger partial charge in [-0.3, -0.25) is 4.79 Å². The number of pyridine rings is 1. The number of amides is 1. The largest absolute Gasteiger partial charge is 0.507 e. The summed E-state index contributed by atoms with van der Waals surface area (Å²) in [6.45, 7) is 6.31. The second-order valence-electron chi connectivity index (χ2n) is 11.0. The molecule has 12 heteroatoms. The van der Waals surface area contributed by atoms with Gasteiger partial charge in [-0.2, -0.15) is 13.2 Å². The quantitative estimate of drug-likeness (QED) is 0.300. The average molecular weight is 598 g/mol. The number of alkyl halides is 3. The van der Waals surface area contributed by atoms with Crippen LogP contribution in [0.3, 0.4) is 0 Å². The number of fused-ring (bicyclic) bond motifs is 1. The zero-order valence-corrected chi connectivity index (χ0v) is 23.2. The average Bonchev–Trinajstić information content (AvgIpc) is 3.79. The van der Waals surface area contributed by atoms with E-state index in [0.29, 0.717) is 25.5 Å². The maximum Gasteiger partial charge on any atom is 0.398 e. The molecule has 0 unspecified atom stereocenters. The number of aliphatic imine (C=N–C) groups is 1. The number of hydrogen-bond acceptors (Lipinski definition) is 6. The van der Waals surface area contributed by atoms with Crippen LogP contribution in [0.25, 0.3) is 11.3 Å². The van der Waals surface area contributed by atoms with Gasteiger partial charge in [-0.1, -0.05) is 30.8 Å². The number of nitrogens with zero attached hydrogens (tertiary/aromatic N) is 5. The van der Waals surface area contributed by atoms with Crippen LogP contribution in [0.2, 0.25) is 0 Å². The van der Waals surface area contributed by atoms with Gasteiger partial charge >= 0.3 is 6.18 Å². The van der Waals surface area contributed by atoms with Crippen LogP contribution in [0.4, 0.5) is 33.5 Å². The molecule has 1 amide bonds. The fraction of sp³-hybridized carbons (Fsp3) is 0.323. The number of phenols is 1. The molecule has 2 fully saturated rings. The first-order valence-electron chi connectivity index (χ1n) is 13.8. The Balaban J connectivity index is 1.51. The van der Waals surface area contributed by atoms with Gasteiger partial charge < -0.3 is 19.8 Å². The van der Waals surface area contributed by atoms with Crippen molar-refractivity contribution in [3.05, 3.63) is 83.9 Å². The summed E-state index contributed by atoms with van der Waals surface area (Å²) in [5.74, 6) is -2.17. The molecule has 2 aliphatic heterocycles. The fourth-order valence-corrected chi connectivity index (χ4v) is 6.04. The van der Waals surface area contributed by atoms with Crippen molar-refractivity contribution in [1.29, 1.82) is 0 Å².